The lowest BCUT2D eigenvalue weighted by molar-refractivity contribution is -0.124. The van der Waals surface area contributed by atoms with Crippen molar-refractivity contribution < 1.29 is 61.1 Å². The van der Waals surface area contributed by atoms with Crippen LogP contribution in [0.25, 0.3) is 0 Å². The number of aliphatic hydroxyl groups excluding tert-OH is 1. The number of ether oxygens (including phenoxy) is 1. The summed E-state index contributed by atoms with van der Waals surface area (Å²) in [5.41, 5.74) is -1.75. The molecule has 2 aliphatic heterocycles. The minimum Gasteiger partial charge on any atom is -0.388 e. The lowest BCUT2D eigenvalue weighted by atomic mass is 10.00. The van der Waals surface area contributed by atoms with Gasteiger partial charge >= 0.3 is 23.5 Å². The maximum atomic E-state index is 12.1. The van der Waals surface area contributed by atoms with Crippen molar-refractivity contribution in [2.45, 2.75) is 23.3 Å². The van der Waals surface area contributed by atoms with E-state index in [9.17, 15) is 33.4 Å². The van der Waals surface area contributed by atoms with Crippen molar-refractivity contribution in [3.05, 3.63) is 24.7 Å². The van der Waals surface area contributed by atoms with Gasteiger partial charge in [0.25, 0.3) is 5.91 Å². The third kappa shape index (κ3) is 7.11. The van der Waals surface area contributed by atoms with Gasteiger partial charge in [-0.3, -0.25) is 9.32 Å². The number of aliphatic hydroxyl groups is 1. The Bertz CT molecular complexity index is 930. The first-order chi connectivity index (χ1) is 14.5. The number of halogens is 1. The molecular formula is C12H20ClN2O13P3S. The van der Waals surface area contributed by atoms with Crippen molar-refractivity contribution >= 4 is 52.7 Å². The molecule has 1 amide bonds. The van der Waals surface area contributed by atoms with Crippen molar-refractivity contribution in [1.29, 1.82) is 0 Å². The second-order valence-corrected chi connectivity index (χ2v) is 12.2. The summed E-state index contributed by atoms with van der Waals surface area (Å²) in [6.45, 7) is 2.74. The van der Waals surface area contributed by atoms with Gasteiger partial charge in [-0.05, 0) is 6.26 Å². The van der Waals surface area contributed by atoms with E-state index in [1.165, 1.54) is 11.1 Å². The van der Waals surface area contributed by atoms with Gasteiger partial charge in [0.2, 0.25) is 0 Å². The van der Waals surface area contributed by atoms with E-state index in [4.69, 9.17) is 26.1 Å². The van der Waals surface area contributed by atoms with Gasteiger partial charge in [-0.25, -0.2) is 13.7 Å². The zero-order valence-electron chi connectivity index (χ0n) is 16.1. The highest BCUT2D eigenvalue weighted by Crippen LogP contribution is 2.66. The maximum Gasteiger partial charge on any atom is 0.490 e. The van der Waals surface area contributed by atoms with Gasteiger partial charge in [0, 0.05) is 18.0 Å². The number of amides is 1. The molecule has 32 heavy (non-hydrogen) atoms. The molecule has 0 spiro atoms. The van der Waals surface area contributed by atoms with Crippen LogP contribution in [0.2, 0.25) is 0 Å². The number of carbonyl (C=O) groups excluding carboxylic acids is 1. The Labute approximate surface area is 190 Å². The molecule has 2 aliphatic rings. The smallest absolute Gasteiger partial charge is 0.388 e. The molecule has 2 heterocycles. The van der Waals surface area contributed by atoms with Gasteiger partial charge in [0.15, 0.2) is 6.23 Å². The number of nitrogens with zero attached hydrogens (tertiary/aromatic N) is 1. The average Bonchev–Trinajstić information content (AvgIpc) is 2.83. The van der Waals surface area contributed by atoms with Crippen LogP contribution < -0.4 is 5.32 Å². The van der Waals surface area contributed by atoms with E-state index < -0.39 is 59.3 Å². The first kappa shape index (κ1) is 28.0. The van der Waals surface area contributed by atoms with Crippen LogP contribution in [-0.2, 0) is 36.4 Å². The molecule has 0 aliphatic carbocycles. The zero-order chi connectivity index (χ0) is 24.5. The molecule has 6 N–H and O–H groups in total. The number of alkyl halides is 1. The first-order valence-corrected chi connectivity index (χ1v) is 14.6. The molecule has 2 rings (SSSR count). The summed E-state index contributed by atoms with van der Waals surface area (Å²) >= 11 is 7.42. The van der Waals surface area contributed by atoms with E-state index >= 15 is 0 Å². The van der Waals surface area contributed by atoms with Crippen LogP contribution in [0.1, 0.15) is 0 Å². The Morgan fingerprint density at radius 2 is 1.91 bits per heavy atom. The summed E-state index contributed by atoms with van der Waals surface area (Å²) < 4.78 is 52.0. The summed E-state index contributed by atoms with van der Waals surface area (Å²) in [5.74, 6) is -0.438. The van der Waals surface area contributed by atoms with Crippen molar-refractivity contribution in [2.75, 3.05) is 18.6 Å². The molecule has 6 atom stereocenters. The number of phosphoric acid groups is 3. The predicted molar refractivity (Wildman–Crippen MR) is 110 cm³/mol. The Kier molecular flexibility index (Phi) is 8.86. The fourth-order valence-corrected chi connectivity index (χ4v) is 7.06. The largest absolute Gasteiger partial charge is 0.490 e. The van der Waals surface area contributed by atoms with Gasteiger partial charge < -0.3 is 39.6 Å². The predicted octanol–water partition coefficient (Wildman–Crippen LogP) is 0.173. The maximum absolute atomic E-state index is 12.1. The Morgan fingerprint density at radius 3 is 2.44 bits per heavy atom. The fourth-order valence-electron chi connectivity index (χ4n) is 2.78. The second-order valence-electron chi connectivity index (χ2n) is 6.42. The number of phosphoric ester groups is 1. The number of rotatable bonds is 10. The summed E-state index contributed by atoms with van der Waals surface area (Å²) in [7, 11) is -16.7. The highest BCUT2D eigenvalue weighted by atomic mass is 35.5. The van der Waals surface area contributed by atoms with Crippen molar-refractivity contribution in [1.82, 2.24) is 10.2 Å². The third-order valence-corrected chi connectivity index (χ3v) is 9.00. The lowest BCUT2D eigenvalue weighted by Crippen LogP contribution is -2.48. The molecular weight excluding hydrogens is 541 g/mol. The quantitative estimate of drug-likeness (QED) is 0.155. The topological polar surface area (TPSA) is 222 Å². The van der Waals surface area contributed by atoms with Gasteiger partial charge in [-0.15, -0.1) is 11.6 Å². The number of hydrogen-bond donors (Lipinski definition) is 6. The van der Waals surface area contributed by atoms with Crippen molar-refractivity contribution in [3.63, 3.8) is 0 Å². The SMILES string of the molecule is C=C1NC(=O)C=CN1[C@@H]1O[C@@](COP(=O)(O)OP(=O)(O)OP(=O)(O)O)(CSC)[C@@H](O)[C@H]1Cl. The van der Waals surface area contributed by atoms with Crippen LogP contribution in [0, 0.1) is 0 Å². The molecule has 0 saturated carbocycles. The molecule has 0 radical (unpaired) electrons. The second kappa shape index (κ2) is 10.1. The first-order valence-electron chi connectivity index (χ1n) is 8.24. The molecule has 0 aromatic heterocycles. The molecule has 0 aromatic carbocycles. The highest BCUT2D eigenvalue weighted by Gasteiger charge is 2.57. The number of thioether (sulfide) groups is 1. The normalized spacial score (nSPS) is 32.5. The van der Waals surface area contributed by atoms with Crippen molar-refractivity contribution in [2.24, 2.45) is 0 Å². The zero-order valence-corrected chi connectivity index (χ0v) is 20.3. The number of carbonyl (C=O) groups is 1. The molecule has 0 bridgehead atoms. The summed E-state index contributed by atoms with van der Waals surface area (Å²) in [6.07, 6.45) is 1.42. The average molecular weight is 561 g/mol. The van der Waals surface area contributed by atoms with Gasteiger partial charge in [-0.1, -0.05) is 6.58 Å². The molecule has 0 aromatic rings. The minimum absolute atomic E-state index is 0.0555. The third-order valence-electron chi connectivity index (χ3n) is 3.98. The molecule has 1 saturated heterocycles. The van der Waals surface area contributed by atoms with Gasteiger partial charge in [0.1, 0.15) is 22.9 Å². The molecule has 20 heteroatoms. The van der Waals surface area contributed by atoms with E-state index in [2.05, 4.69) is 25.0 Å². The monoisotopic (exact) mass is 560 g/mol. The molecule has 184 valence electrons. The molecule has 1 fully saturated rings. The van der Waals surface area contributed by atoms with Crippen LogP contribution in [0.5, 0.6) is 0 Å². The van der Waals surface area contributed by atoms with Crippen LogP contribution in [-0.4, -0.2) is 77.4 Å². The number of nitrogens with one attached hydrogen (secondary N) is 1. The Morgan fingerprint density at radius 1 is 1.28 bits per heavy atom. The Hall–Kier alpha value is -0.280. The van der Waals surface area contributed by atoms with Crippen LogP contribution >= 0.6 is 46.8 Å². The standard InChI is InChI=1S/C12H20ClN2O13P3S/c1-7-14-8(16)3-4-15(7)11-9(13)10(17)12(26-11,6-32-2)5-25-30(21,22)28-31(23,24)27-29(18,19)20/h3-4,9-11,17H,1,5-6H2,2H3,(H,14,16)(H,21,22)(H,23,24)(H2,18,19,20)/t9-,10+,11-,12+/m1/s1. The van der Waals surface area contributed by atoms with Crippen molar-refractivity contribution in [3.8, 4) is 0 Å². The van der Waals surface area contributed by atoms with Crippen LogP contribution in [0.3, 0.4) is 0 Å². The fraction of sp³-hybridized carbons (Fsp3) is 0.583. The van der Waals surface area contributed by atoms with Crippen LogP contribution in [0.4, 0.5) is 0 Å². The minimum atomic E-state index is -5.71. The van der Waals surface area contributed by atoms with E-state index in [1.54, 1.807) is 6.26 Å². The van der Waals surface area contributed by atoms with E-state index in [0.29, 0.717) is 0 Å². The van der Waals surface area contributed by atoms with Gasteiger partial charge in [-0.2, -0.15) is 20.4 Å². The molecule has 2 unspecified atom stereocenters. The number of hydrogen-bond acceptors (Lipinski definition) is 11. The highest BCUT2D eigenvalue weighted by molar-refractivity contribution is 7.98. The van der Waals surface area contributed by atoms with E-state index in [-0.39, 0.29) is 11.6 Å². The van der Waals surface area contributed by atoms with E-state index in [1.807, 2.05) is 0 Å². The molecule has 15 nitrogen and oxygen atoms in total. The summed E-state index contributed by atoms with van der Waals surface area (Å²) in [5, 5.41) is 11.9. The lowest BCUT2D eigenvalue weighted by Gasteiger charge is -2.34. The Balaban J connectivity index is 2.19. The van der Waals surface area contributed by atoms with E-state index in [0.717, 1.165) is 17.8 Å². The summed E-state index contributed by atoms with van der Waals surface area (Å²) in [4.78, 5) is 48.8. The van der Waals surface area contributed by atoms with Crippen LogP contribution in [0.15, 0.2) is 24.7 Å². The summed E-state index contributed by atoms with van der Waals surface area (Å²) in [6, 6.07) is 0. The van der Waals surface area contributed by atoms with Gasteiger partial charge in [0.05, 0.1) is 6.61 Å².